The lowest BCUT2D eigenvalue weighted by Crippen LogP contribution is -2.37. The molecule has 1 aliphatic heterocycles. The lowest BCUT2D eigenvalue weighted by molar-refractivity contribution is 0.0929. The number of rotatable bonds is 2. The third-order valence-corrected chi connectivity index (χ3v) is 4.67. The molecule has 1 aliphatic rings. The monoisotopic (exact) mass is 295 g/mol. The van der Waals surface area contributed by atoms with Crippen molar-refractivity contribution in [3.63, 3.8) is 0 Å². The molecule has 0 aliphatic carbocycles. The number of pyridine rings is 1. The van der Waals surface area contributed by atoms with Crippen LogP contribution in [0.1, 0.15) is 23.3 Å². The molecule has 0 aromatic carbocycles. The number of amides is 1. The Labute approximate surface area is 120 Å². The third kappa shape index (κ3) is 2.58. The van der Waals surface area contributed by atoms with E-state index in [0.717, 1.165) is 29.9 Å². The first-order valence-electron chi connectivity index (χ1n) is 6.27. The maximum atomic E-state index is 12.2. The minimum atomic E-state index is -0.175. The van der Waals surface area contributed by atoms with Gasteiger partial charge in [0.25, 0.3) is 5.91 Å². The fraction of sp³-hybridized carbons (Fsp3) is 0.385. The van der Waals surface area contributed by atoms with Crippen molar-refractivity contribution in [1.29, 1.82) is 0 Å². The largest absolute Gasteiger partial charge is 0.348 e. The van der Waals surface area contributed by atoms with Crippen molar-refractivity contribution in [2.45, 2.75) is 18.9 Å². The molecule has 0 saturated carbocycles. The van der Waals surface area contributed by atoms with Crippen LogP contribution in [-0.2, 0) is 0 Å². The Morgan fingerprint density at radius 1 is 1.42 bits per heavy atom. The van der Waals surface area contributed by atoms with Gasteiger partial charge in [-0.3, -0.25) is 4.79 Å². The van der Waals surface area contributed by atoms with Gasteiger partial charge < -0.3 is 5.32 Å². The Hall–Kier alpha value is -1.20. The van der Waals surface area contributed by atoms with Crippen LogP contribution in [0.3, 0.4) is 0 Å². The van der Waals surface area contributed by atoms with E-state index in [1.165, 1.54) is 0 Å². The topological polar surface area (TPSA) is 46.4 Å². The number of nitrogens with zero attached hydrogens (tertiary/aromatic N) is 2. The number of hydrogen-bond donors (Lipinski definition) is 1. The van der Waals surface area contributed by atoms with Crippen LogP contribution < -0.4 is 5.32 Å². The number of fused-ring (bicyclic) bond motifs is 1. The number of hydrogen-bond acceptors (Lipinski definition) is 3. The van der Waals surface area contributed by atoms with Crippen LogP contribution in [0.4, 0.5) is 0 Å². The molecular formula is C13H14ClN3OS. The van der Waals surface area contributed by atoms with E-state index in [4.69, 9.17) is 11.6 Å². The maximum Gasteiger partial charge on any atom is 0.273 e. The van der Waals surface area contributed by atoms with Gasteiger partial charge in [-0.15, -0.1) is 0 Å². The minimum Gasteiger partial charge on any atom is -0.348 e. The number of aromatic nitrogens is 2. The summed E-state index contributed by atoms with van der Waals surface area (Å²) in [6.45, 7) is 0. The molecule has 1 fully saturated rings. The second kappa shape index (κ2) is 5.43. The Kier molecular flexibility index (Phi) is 3.66. The van der Waals surface area contributed by atoms with Gasteiger partial charge in [0.1, 0.15) is 0 Å². The van der Waals surface area contributed by atoms with Gasteiger partial charge in [0.05, 0.1) is 10.5 Å². The van der Waals surface area contributed by atoms with E-state index in [-0.39, 0.29) is 11.9 Å². The lowest BCUT2D eigenvalue weighted by atomic mass is 10.1. The third-order valence-electron chi connectivity index (χ3n) is 3.25. The van der Waals surface area contributed by atoms with Crippen LogP contribution in [0.25, 0.3) is 5.52 Å². The van der Waals surface area contributed by atoms with E-state index in [1.54, 1.807) is 10.7 Å². The average Bonchev–Trinajstić information content (AvgIpc) is 2.78. The average molecular weight is 296 g/mol. The summed E-state index contributed by atoms with van der Waals surface area (Å²) in [5, 5.41) is 7.69. The second-order valence-corrected chi connectivity index (χ2v) is 6.16. The van der Waals surface area contributed by atoms with E-state index < -0.39 is 0 Å². The molecule has 6 heteroatoms. The molecule has 2 aromatic heterocycles. The number of halogens is 1. The Morgan fingerprint density at radius 2 is 2.21 bits per heavy atom. The van der Waals surface area contributed by atoms with Gasteiger partial charge in [0, 0.05) is 12.2 Å². The molecular weight excluding hydrogens is 282 g/mol. The lowest BCUT2D eigenvalue weighted by Gasteiger charge is -2.21. The van der Waals surface area contributed by atoms with Crippen LogP contribution in [0.5, 0.6) is 0 Å². The maximum absolute atomic E-state index is 12.2. The van der Waals surface area contributed by atoms with E-state index in [2.05, 4.69) is 10.4 Å². The van der Waals surface area contributed by atoms with Crippen molar-refractivity contribution in [2.24, 2.45) is 0 Å². The van der Waals surface area contributed by atoms with Gasteiger partial charge in [-0.25, -0.2) is 4.52 Å². The highest BCUT2D eigenvalue weighted by molar-refractivity contribution is 7.99. The summed E-state index contributed by atoms with van der Waals surface area (Å²) >= 11 is 8.15. The molecule has 2 aromatic rings. The molecule has 3 rings (SSSR count). The normalized spacial score (nSPS) is 16.7. The molecule has 19 heavy (non-hydrogen) atoms. The summed E-state index contributed by atoms with van der Waals surface area (Å²) in [5.41, 5.74) is 1.07. The van der Waals surface area contributed by atoms with Gasteiger partial charge in [-0.1, -0.05) is 17.7 Å². The number of carbonyl (C=O) groups excluding carboxylic acids is 1. The van der Waals surface area contributed by atoms with Crippen molar-refractivity contribution in [1.82, 2.24) is 14.9 Å². The second-order valence-electron chi connectivity index (χ2n) is 4.55. The van der Waals surface area contributed by atoms with Crippen LogP contribution in [0.15, 0.2) is 24.4 Å². The summed E-state index contributed by atoms with van der Waals surface area (Å²) in [7, 11) is 0. The predicted octanol–water partition coefficient (Wildman–Crippen LogP) is 2.61. The molecule has 100 valence electrons. The fourth-order valence-electron chi connectivity index (χ4n) is 2.21. The number of carbonyl (C=O) groups is 1. The van der Waals surface area contributed by atoms with Crippen molar-refractivity contribution in [3.05, 3.63) is 35.1 Å². The van der Waals surface area contributed by atoms with Gasteiger partial charge in [-0.05, 0) is 36.5 Å². The SMILES string of the molecule is O=C(NC1CCSCC1)c1nn2ccccc2c1Cl. The predicted molar refractivity (Wildman–Crippen MR) is 78.0 cm³/mol. The van der Waals surface area contributed by atoms with Crippen molar-refractivity contribution in [3.8, 4) is 0 Å². The Morgan fingerprint density at radius 3 is 2.95 bits per heavy atom. The zero-order chi connectivity index (χ0) is 13.2. The standard InChI is InChI=1S/C13H14ClN3OS/c14-11-10-3-1-2-6-17(10)16-12(11)13(18)15-9-4-7-19-8-5-9/h1-3,6,9H,4-5,7-8H2,(H,15,18). The van der Waals surface area contributed by atoms with Crippen molar-refractivity contribution >= 4 is 34.8 Å². The first kappa shape index (κ1) is 12.8. The summed E-state index contributed by atoms with van der Waals surface area (Å²) < 4.78 is 1.63. The highest BCUT2D eigenvalue weighted by atomic mass is 35.5. The van der Waals surface area contributed by atoms with E-state index in [0.29, 0.717) is 10.7 Å². The summed E-state index contributed by atoms with van der Waals surface area (Å²) in [4.78, 5) is 12.2. The van der Waals surface area contributed by atoms with E-state index in [1.807, 2.05) is 30.0 Å². The van der Waals surface area contributed by atoms with Gasteiger partial charge >= 0.3 is 0 Å². The molecule has 0 atom stereocenters. The van der Waals surface area contributed by atoms with Gasteiger partial charge in [0.2, 0.25) is 0 Å². The van der Waals surface area contributed by atoms with Gasteiger partial charge in [0.15, 0.2) is 5.69 Å². The quantitative estimate of drug-likeness (QED) is 0.926. The van der Waals surface area contributed by atoms with Gasteiger partial charge in [-0.2, -0.15) is 16.9 Å². The summed E-state index contributed by atoms with van der Waals surface area (Å²) in [6, 6.07) is 5.83. The van der Waals surface area contributed by atoms with Crippen LogP contribution in [0, 0.1) is 0 Å². The molecule has 4 nitrogen and oxygen atoms in total. The zero-order valence-corrected chi connectivity index (χ0v) is 11.9. The molecule has 0 bridgehead atoms. The smallest absolute Gasteiger partial charge is 0.273 e. The number of thioether (sulfide) groups is 1. The van der Waals surface area contributed by atoms with Crippen LogP contribution >= 0.6 is 23.4 Å². The Bertz CT molecular complexity index is 607. The van der Waals surface area contributed by atoms with Crippen LogP contribution in [0.2, 0.25) is 5.02 Å². The zero-order valence-electron chi connectivity index (χ0n) is 10.3. The summed E-state index contributed by atoms with van der Waals surface area (Å²) in [5.74, 6) is 2.03. The Balaban J connectivity index is 1.83. The highest BCUT2D eigenvalue weighted by Gasteiger charge is 2.21. The van der Waals surface area contributed by atoms with Crippen molar-refractivity contribution in [2.75, 3.05) is 11.5 Å². The first-order valence-corrected chi connectivity index (χ1v) is 7.80. The van der Waals surface area contributed by atoms with E-state index >= 15 is 0 Å². The molecule has 3 heterocycles. The highest BCUT2D eigenvalue weighted by Crippen LogP contribution is 2.22. The fourth-order valence-corrected chi connectivity index (χ4v) is 3.59. The van der Waals surface area contributed by atoms with E-state index in [9.17, 15) is 4.79 Å². The summed E-state index contributed by atoms with van der Waals surface area (Å²) in [6.07, 6.45) is 3.82. The molecule has 1 saturated heterocycles. The first-order chi connectivity index (χ1) is 9.25. The minimum absolute atomic E-state index is 0.175. The molecule has 1 amide bonds. The van der Waals surface area contributed by atoms with Crippen molar-refractivity contribution < 1.29 is 4.79 Å². The molecule has 0 spiro atoms. The molecule has 1 N–H and O–H groups in total. The molecule has 0 unspecified atom stereocenters. The van der Waals surface area contributed by atoms with Crippen LogP contribution in [-0.4, -0.2) is 33.1 Å². The number of nitrogens with one attached hydrogen (secondary N) is 1. The molecule has 0 radical (unpaired) electrons.